The van der Waals surface area contributed by atoms with Gasteiger partial charge in [0.05, 0.1) is 16.0 Å². The topological polar surface area (TPSA) is 56.5 Å². The molecule has 1 aromatic carbocycles. The van der Waals surface area contributed by atoms with E-state index in [1.807, 2.05) is 22.9 Å². The maximum Gasteiger partial charge on any atom is 0.161 e. The van der Waals surface area contributed by atoms with E-state index < -0.39 is 0 Å². The zero-order chi connectivity index (χ0) is 13.8. The second kappa shape index (κ2) is 6.32. The van der Waals surface area contributed by atoms with Gasteiger partial charge in [-0.05, 0) is 29.0 Å². The average molecular weight is 305 g/mol. The van der Waals surface area contributed by atoms with Crippen LogP contribution in [0.1, 0.15) is 25.6 Å². The van der Waals surface area contributed by atoms with Gasteiger partial charge in [0.2, 0.25) is 0 Å². The van der Waals surface area contributed by atoms with E-state index in [4.69, 9.17) is 0 Å². The first-order valence-corrected chi connectivity index (χ1v) is 8.40. The minimum absolute atomic E-state index is 0.760. The smallest absolute Gasteiger partial charge is 0.161 e. The van der Waals surface area contributed by atoms with Crippen molar-refractivity contribution in [2.45, 2.75) is 36.4 Å². The van der Waals surface area contributed by atoms with E-state index in [9.17, 15) is 0 Å². The number of benzene rings is 1. The van der Waals surface area contributed by atoms with Crippen molar-refractivity contribution in [1.82, 2.24) is 25.2 Å². The van der Waals surface area contributed by atoms with Crippen LogP contribution in [0.25, 0.3) is 10.2 Å². The number of aromatic nitrogens is 5. The van der Waals surface area contributed by atoms with Gasteiger partial charge in [0.15, 0.2) is 10.2 Å². The molecule has 0 saturated carbocycles. The zero-order valence-corrected chi connectivity index (χ0v) is 12.8. The molecule has 5 nitrogen and oxygen atoms in total. The number of fused-ring (bicyclic) bond motifs is 1. The molecule has 7 heteroatoms. The molecule has 2 aromatic heterocycles. The zero-order valence-electron chi connectivity index (χ0n) is 11.2. The van der Waals surface area contributed by atoms with Crippen LogP contribution in [0.5, 0.6) is 0 Å². The highest BCUT2D eigenvalue weighted by atomic mass is 32.2. The van der Waals surface area contributed by atoms with Crippen LogP contribution in [0.4, 0.5) is 0 Å². The molecular weight excluding hydrogens is 290 g/mol. The van der Waals surface area contributed by atoms with Crippen LogP contribution in [0, 0.1) is 0 Å². The summed E-state index contributed by atoms with van der Waals surface area (Å²) < 4.78 is 4.18. The summed E-state index contributed by atoms with van der Waals surface area (Å²) in [5.74, 6) is 1.68. The standard InChI is InChI=1S/C13H15N5S2/c1-2-3-8-18-12(15-16-17-18)9-19-13-14-10-6-4-5-7-11(10)20-13/h4-7H,2-3,8-9H2,1H3. The first kappa shape index (κ1) is 13.5. The number of para-hydroxylation sites is 1. The molecule has 0 saturated heterocycles. The summed E-state index contributed by atoms with van der Waals surface area (Å²) in [4.78, 5) is 4.61. The maximum absolute atomic E-state index is 4.61. The van der Waals surface area contributed by atoms with Crippen molar-refractivity contribution < 1.29 is 0 Å². The van der Waals surface area contributed by atoms with Crippen molar-refractivity contribution in [3.8, 4) is 0 Å². The Balaban J connectivity index is 1.68. The highest BCUT2D eigenvalue weighted by Gasteiger charge is 2.09. The molecule has 0 spiro atoms. The quantitative estimate of drug-likeness (QED) is 0.653. The summed E-state index contributed by atoms with van der Waals surface area (Å²) in [5, 5.41) is 11.9. The molecule has 0 N–H and O–H groups in total. The van der Waals surface area contributed by atoms with Gasteiger partial charge < -0.3 is 0 Å². The molecule has 20 heavy (non-hydrogen) atoms. The minimum Gasteiger partial charge on any atom is -0.230 e. The number of aryl methyl sites for hydroxylation is 1. The summed E-state index contributed by atoms with van der Waals surface area (Å²) >= 11 is 3.41. The third-order valence-corrected chi connectivity index (χ3v) is 5.10. The highest BCUT2D eigenvalue weighted by Crippen LogP contribution is 2.30. The predicted molar refractivity (Wildman–Crippen MR) is 81.9 cm³/mol. The fourth-order valence-electron chi connectivity index (χ4n) is 1.85. The normalized spacial score (nSPS) is 11.2. The second-order valence-corrected chi connectivity index (χ2v) is 6.66. The first-order valence-electron chi connectivity index (χ1n) is 6.60. The first-order chi connectivity index (χ1) is 9.86. The van der Waals surface area contributed by atoms with Gasteiger partial charge >= 0.3 is 0 Å². The summed E-state index contributed by atoms with van der Waals surface area (Å²) in [6, 6.07) is 8.20. The number of hydrogen-bond donors (Lipinski definition) is 0. The lowest BCUT2D eigenvalue weighted by molar-refractivity contribution is 0.540. The van der Waals surface area contributed by atoms with Gasteiger partial charge in [-0.2, -0.15) is 0 Å². The van der Waals surface area contributed by atoms with Crippen molar-refractivity contribution in [1.29, 1.82) is 0 Å². The highest BCUT2D eigenvalue weighted by molar-refractivity contribution is 8.00. The molecule has 0 unspecified atom stereocenters. The van der Waals surface area contributed by atoms with E-state index in [0.29, 0.717) is 0 Å². The molecule has 0 aliphatic carbocycles. The van der Waals surface area contributed by atoms with E-state index in [1.165, 1.54) is 4.70 Å². The SMILES string of the molecule is CCCCn1nnnc1CSc1nc2ccccc2s1. The summed E-state index contributed by atoms with van der Waals surface area (Å²) in [6.45, 7) is 3.05. The van der Waals surface area contributed by atoms with Crippen LogP contribution in [0.15, 0.2) is 28.6 Å². The predicted octanol–water partition coefficient (Wildman–Crippen LogP) is 3.38. The molecule has 2 heterocycles. The Morgan fingerprint density at radius 1 is 1.30 bits per heavy atom. The third-order valence-electron chi connectivity index (χ3n) is 2.93. The lowest BCUT2D eigenvalue weighted by atomic mass is 10.3. The molecule has 3 rings (SSSR count). The molecule has 3 aromatic rings. The molecule has 104 valence electrons. The fraction of sp³-hybridized carbons (Fsp3) is 0.385. The molecule has 0 amide bonds. The van der Waals surface area contributed by atoms with Crippen molar-refractivity contribution in [2.24, 2.45) is 0 Å². The van der Waals surface area contributed by atoms with Crippen LogP contribution in [0.2, 0.25) is 0 Å². The van der Waals surface area contributed by atoms with Gasteiger partial charge in [0.1, 0.15) is 0 Å². The van der Waals surface area contributed by atoms with E-state index in [-0.39, 0.29) is 0 Å². The number of rotatable bonds is 6. The van der Waals surface area contributed by atoms with Crippen LogP contribution >= 0.6 is 23.1 Å². The van der Waals surface area contributed by atoms with Crippen LogP contribution < -0.4 is 0 Å². The summed E-state index contributed by atoms with van der Waals surface area (Å²) in [5.41, 5.74) is 1.06. The Labute approximate surface area is 125 Å². The van der Waals surface area contributed by atoms with E-state index in [2.05, 4.69) is 33.5 Å². The fourth-order valence-corrected chi connectivity index (χ4v) is 3.85. The Kier molecular flexibility index (Phi) is 4.27. The molecule has 0 radical (unpaired) electrons. The number of tetrazole rings is 1. The van der Waals surface area contributed by atoms with Crippen molar-refractivity contribution in [2.75, 3.05) is 0 Å². The Morgan fingerprint density at radius 2 is 2.20 bits per heavy atom. The lowest BCUT2D eigenvalue weighted by Crippen LogP contribution is -2.04. The van der Waals surface area contributed by atoms with E-state index in [1.54, 1.807) is 23.1 Å². The number of nitrogens with zero attached hydrogens (tertiary/aromatic N) is 5. The van der Waals surface area contributed by atoms with Gasteiger partial charge in [-0.25, -0.2) is 9.67 Å². The molecule has 0 fully saturated rings. The number of unbranched alkanes of at least 4 members (excludes halogenated alkanes) is 1. The molecule has 0 bridgehead atoms. The van der Waals surface area contributed by atoms with Gasteiger partial charge in [0, 0.05) is 6.54 Å². The molecular formula is C13H15N5S2. The second-order valence-electron chi connectivity index (χ2n) is 4.41. The Hall–Kier alpha value is -1.47. The summed E-state index contributed by atoms with van der Waals surface area (Å²) in [6.07, 6.45) is 2.24. The van der Waals surface area contributed by atoms with Crippen LogP contribution in [0.3, 0.4) is 0 Å². The van der Waals surface area contributed by atoms with Crippen molar-refractivity contribution in [3.05, 3.63) is 30.1 Å². The van der Waals surface area contributed by atoms with Crippen molar-refractivity contribution >= 4 is 33.3 Å². The Morgan fingerprint density at radius 3 is 3.05 bits per heavy atom. The molecule has 0 atom stereocenters. The van der Waals surface area contributed by atoms with Crippen molar-refractivity contribution in [3.63, 3.8) is 0 Å². The monoisotopic (exact) mass is 305 g/mol. The molecule has 0 aliphatic rings. The van der Waals surface area contributed by atoms with Crippen LogP contribution in [-0.4, -0.2) is 25.2 Å². The number of hydrogen-bond acceptors (Lipinski definition) is 6. The van der Waals surface area contributed by atoms with Gasteiger partial charge in [-0.3, -0.25) is 0 Å². The van der Waals surface area contributed by atoms with E-state index in [0.717, 1.165) is 40.8 Å². The van der Waals surface area contributed by atoms with Gasteiger partial charge in [-0.15, -0.1) is 16.4 Å². The Bertz CT molecular complexity index is 658. The van der Waals surface area contributed by atoms with Crippen LogP contribution in [-0.2, 0) is 12.3 Å². The largest absolute Gasteiger partial charge is 0.230 e. The number of thioether (sulfide) groups is 1. The molecule has 0 aliphatic heterocycles. The number of thiazole rings is 1. The third kappa shape index (κ3) is 2.99. The average Bonchev–Trinajstić information content (AvgIpc) is 3.08. The minimum atomic E-state index is 0.760. The summed E-state index contributed by atoms with van der Waals surface area (Å²) in [7, 11) is 0. The maximum atomic E-state index is 4.61. The van der Waals surface area contributed by atoms with Gasteiger partial charge in [-0.1, -0.05) is 37.2 Å². The van der Waals surface area contributed by atoms with E-state index >= 15 is 0 Å². The van der Waals surface area contributed by atoms with Gasteiger partial charge in [0.25, 0.3) is 0 Å². The lowest BCUT2D eigenvalue weighted by Gasteiger charge is -2.01.